The Balaban J connectivity index is 4.40. The van der Waals surface area contributed by atoms with Gasteiger partial charge in [-0.3, -0.25) is 9.59 Å². The Labute approximate surface area is 408 Å². The Morgan fingerprint density at radius 3 is 1.09 bits per heavy atom. The molecule has 0 aliphatic heterocycles. The van der Waals surface area contributed by atoms with Crippen LogP contribution >= 0.6 is 0 Å². The minimum absolute atomic E-state index is 0.0440. The molecule has 376 valence electrons. The first-order chi connectivity index (χ1) is 32.6. The minimum atomic E-state index is -0.587. The number of hydrogen-bond donors (Lipinski definition) is 0. The van der Waals surface area contributed by atoms with Gasteiger partial charge in [0.25, 0.3) is 0 Å². The van der Waals surface area contributed by atoms with E-state index in [1.807, 2.05) is 0 Å². The van der Waals surface area contributed by atoms with Crippen molar-refractivity contribution in [3.63, 3.8) is 0 Å². The summed E-state index contributed by atoms with van der Waals surface area (Å²) in [5, 5.41) is 0. The third-order valence-corrected chi connectivity index (χ3v) is 11.3. The van der Waals surface area contributed by atoms with E-state index < -0.39 is 6.10 Å². The van der Waals surface area contributed by atoms with Crippen molar-refractivity contribution in [2.75, 3.05) is 19.8 Å². The number of esters is 2. The molecular formula is C61H102O5. The van der Waals surface area contributed by atoms with Gasteiger partial charge in [-0.05, 0) is 89.9 Å². The van der Waals surface area contributed by atoms with Gasteiger partial charge in [0.05, 0.1) is 13.2 Å². The van der Waals surface area contributed by atoms with E-state index in [1.54, 1.807) is 0 Å². The second kappa shape index (κ2) is 55.9. The van der Waals surface area contributed by atoms with Crippen LogP contribution in [0.2, 0.25) is 0 Å². The number of carbonyl (C=O) groups excluding carboxylic acids is 2. The molecule has 0 aromatic heterocycles. The molecule has 0 aliphatic carbocycles. The van der Waals surface area contributed by atoms with Crippen LogP contribution in [-0.4, -0.2) is 37.9 Å². The first kappa shape index (κ1) is 62.6. The minimum Gasteiger partial charge on any atom is -0.462 e. The topological polar surface area (TPSA) is 61.8 Å². The van der Waals surface area contributed by atoms with Crippen LogP contribution in [0.15, 0.2) is 109 Å². The zero-order valence-electron chi connectivity index (χ0n) is 43.2. The van der Waals surface area contributed by atoms with Crippen LogP contribution in [0.3, 0.4) is 0 Å². The molecule has 0 fully saturated rings. The molecule has 0 aliphatic rings. The third kappa shape index (κ3) is 53.2. The summed E-state index contributed by atoms with van der Waals surface area (Å²) in [7, 11) is 0. The van der Waals surface area contributed by atoms with Gasteiger partial charge in [0.1, 0.15) is 6.61 Å². The number of unbranched alkanes of at least 4 members (excludes halogenated alkanes) is 20. The molecule has 0 saturated carbocycles. The Morgan fingerprint density at radius 1 is 0.348 bits per heavy atom. The van der Waals surface area contributed by atoms with Crippen LogP contribution < -0.4 is 0 Å². The molecule has 1 unspecified atom stereocenters. The molecule has 0 rings (SSSR count). The molecule has 0 N–H and O–H groups in total. The van der Waals surface area contributed by atoms with Gasteiger partial charge in [0.15, 0.2) is 6.10 Å². The lowest BCUT2D eigenvalue weighted by atomic mass is 10.0. The lowest BCUT2D eigenvalue weighted by Crippen LogP contribution is -2.30. The zero-order chi connectivity index (χ0) is 47.7. The highest BCUT2D eigenvalue weighted by atomic mass is 16.6. The van der Waals surface area contributed by atoms with Crippen molar-refractivity contribution in [1.82, 2.24) is 0 Å². The number of ether oxygens (including phenoxy) is 3. The molecule has 0 amide bonds. The summed E-state index contributed by atoms with van der Waals surface area (Å²) in [5.74, 6) is -0.453. The Kier molecular flexibility index (Phi) is 53.0. The average molecular weight is 915 g/mol. The van der Waals surface area contributed by atoms with Crippen molar-refractivity contribution < 1.29 is 23.8 Å². The monoisotopic (exact) mass is 915 g/mol. The lowest BCUT2D eigenvalue weighted by Gasteiger charge is -2.18. The van der Waals surface area contributed by atoms with Gasteiger partial charge < -0.3 is 14.2 Å². The Hall–Kier alpha value is -3.44. The molecule has 0 aromatic carbocycles. The fraction of sp³-hybridized carbons (Fsp3) is 0.672. The predicted molar refractivity (Wildman–Crippen MR) is 288 cm³/mol. The molecule has 0 heterocycles. The van der Waals surface area contributed by atoms with E-state index >= 15 is 0 Å². The smallest absolute Gasteiger partial charge is 0.306 e. The van der Waals surface area contributed by atoms with Crippen molar-refractivity contribution in [3.8, 4) is 0 Å². The van der Waals surface area contributed by atoms with Gasteiger partial charge in [-0.2, -0.15) is 0 Å². The molecule has 0 aromatic rings. The molecule has 0 radical (unpaired) electrons. The highest BCUT2D eigenvalue weighted by Gasteiger charge is 2.17. The van der Waals surface area contributed by atoms with Gasteiger partial charge in [-0.25, -0.2) is 0 Å². The van der Waals surface area contributed by atoms with Gasteiger partial charge in [0.2, 0.25) is 0 Å². The fourth-order valence-corrected chi connectivity index (χ4v) is 7.33. The predicted octanol–water partition coefficient (Wildman–Crippen LogP) is 18.8. The van der Waals surface area contributed by atoms with E-state index in [0.29, 0.717) is 19.4 Å². The van der Waals surface area contributed by atoms with Gasteiger partial charge in [0, 0.05) is 12.8 Å². The van der Waals surface area contributed by atoms with E-state index in [2.05, 4.69) is 130 Å². The van der Waals surface area contributed by atoms with Gasteiger partial charge in [-0.1, -0.05) is 246 Å². The second-order valence-corrected chi connectivity index (χ2v) is 17.7. The summed E-state index contributed by atoms with van der Waals surface area (Å²) in [6, 6.07) is 0. The van der Waals surface area contributed by atoms with Crippen LogP contribution in [-0.2, 0) is 23.8 Å². The first-order valence-corrected chi connectivity index (χ1v) is 27.4. The first-order valence-electron chi connectivity index (χ1n) is 27.4. The van der Waals surface area contributed by atoms with E-state index in [1.165, 1.54) is 96.3 Å². The third-order valence-electron chi connectivity index (χ3n) is 11.3. The number of carbonyl (C=O) groups is 2. The summed E-state index contributed by atoms with van der Waals surface area (Å²) in [5.41, 5.74) is 0. The summed E-state index contributed by atoms with van der Waals surface area (Å²) in [6.45, 7) is 7.39. The number of rotatable bonds is 49. The molecule has 66 heavy (non-hydrogen) atoms. The van der Waals surface area contributed by atoms with Gasteiger partial charge >= 0.3 is 11.9 Å². The van der Waals surface area contributed by atoms with Crippen molar-refractivity contribution in [3.05, 3.63) is 109 Å². The maximum Gasteiger partial charge on any atom is 0.306 e. The maximum absolute atomic E-state index is 12.8. The molecule has 5 nitrogen and oxygen atoms in total. The standard InChI is InChI=1S/C61H102O5/c1-4-7-10-13-16-19-22-25-28-30-31-32-34-36-39-42-45-48-51-54-60(62)65-58-59(57-64-56-53-50-47-44-41-38-35-29-26-23-20-17-14-11-8-5-2)66-61(63)55-52-49-46-43-40-37-33-27-24-21-18-15-12-9-6-3/h7-8,10-11,16-17,19-20,25-26,28-29,31-32,38,41,47,50,59H,4-6,9,12-15,18,21-24,27,30,33-37,39-40,42-46,48-49,51-58H2,1-3H3/b10-7-,11-8-,19-16-,20-17-,28-25-,29-26-,32-31-,41-38-,50-47-. The quantitative estimate of drug-likeness (QED) is 0.0346. The van der Waals surface area contributed by atoms with E-state index in [0.717, 1.165) is 109 Å². The second-order valence-electron chi connectivity index (χ2n) is 17.7. The summed E-state index contributed by atoms with van der Waals surface area (Å²) >= 11 is 0. The molecule has 1 atom stereocenters. The van der Waals surface area contributed by atoms with Crippen molar-refractivity contribution in [1.29, 1.82) is 0 Å². The zero-order valence-corrected chi connectivity index (χ0v) is 43.2. The van der Waals surface area contributed by atoms with E-state index in [4.69, 9.17) is 14.2 Å². The van der Waals surface area contributed by atoms with Crippen LogP contribution in [0, 0.1) is 0 Å². The van der Waals surface area contributed by atoms with Crippen LogP contribution in [0.5, 0.6) is 0 Å². The summed E-state index contributed by atoms with van der Waals surface area (Å²) in [4.78, 5) is 25.5. The molecule has 0 saturated heterocycles. The van der Waals surface area contributed by atoms with Crippen molar-refractivity contribution in [2.24, 2.45) is 0 Å². The summed E-state index contributed by atoms with van der Waals surface area (Å²) < 4.78 is 17.3. The van der Waals surface area contributed by atoms with Crippen LogP contribution in [0.1, 0.15) is 239 Å². The molecule has 0 spiro atoms. The molecule has 0 bridgehead atoms. The van der Waals surface area contributed by atoms with Crippen LogP contribution in [0.4, 0.5) is 0 Å². The normalized spacial score (nSPS) is 13.1. The highest BCUT2D eigenvalue weighted by Crippen LogP contribution is 2.15. The Morgan fingerprint density at radius 2 is 0.682 bits per heavy atom. The van der Waals surface area contributed by atoms with Gasteiger partial charge in [-0.15, -0.1) is 0 Å². The summed E-state index contributed by atoms with van der Waals surface area (Å²) in [6.07, 6.45) is 76.9. The molecular weight excluding hydrogens is 813 g/mol. The number of allylic oxidation sites excluding steroid dienone is 17. The highest BCUT2D eigenvalue weighted by molar-refractivity contribution is 5.70. The van der Waals surface area contributed by atoms with Crippen molar-refractivity contribution in [2.45, 2.75) is 245 Å². The van der Waals surface area contributed by atoms with E-state index in [-0.39, 0.29) is 25.2 Å². The largest absolute Gasteiger partial charge is 0.462 e. The lowest BCUT2D eigenvalue weighted by molar-refractivity contribution is -0.162. The maximum atomic E-state index is 12.8. The number of hydrogen-bond acceptors (Lipinski definition) is 5. The van der Waals surface area contributed by atoms with E-state index in [9.17, 15) is 9.59 Å². The Bertz CT molecular complexity index is 1310. The van der Waals surface area contributed by atoms with Crippen LogP contribution in [0.25, 0.3) is 0 Å². The fourth-order valence-electron chi connectivity index (χ4n) is 7.33. The van der Waals surface area contributed by atoms with Crippen molar-refractivity contribution >= 4 is 11.9 Å². The molecule has 5 heteroatoms. The average Bonchev–Trinajstić information content (AvgIpc) is 3.32. The SMILES string of the molecule is CC/C=C\C/C=C\C/C=C\C/C=C\C/C=C\CCOCC(COC(=O)CCCCCCCC/C=C\C/C=C\C/C=C\C/C=C\CC)OC(=O)CCCCCCCCCCCCCCCCC.